The maximum Gasteiger partial charge on any atom is 0.247 e. The van der Waals surface area contributed by atoms with Gasteiger partial charge in [0, 0.05) is 18.2 Å². The minimum absolute atomic E-state index is 0.0535. The molecule has 1 heterocycles. The molecule has 0 saturated carbocycles. The van der Waals surface area contributed by atoms with E-state index in [1.165, 1.54) is 0 Å². The molecule has 0 spiro atoms. The normalized spacial score (nSPS) is 14.6. The summed E-state index contributed by atoms with van der Waals surface area (Å²) in [5.41, 5.74) is 0. The molecule has 0 radical (unpaired) electrons. The van der Waals surface area contributed by atoms with Crippen LogP contribution in [0.4, 0.5) is 0 Å². The Morgan fingerprint density at radius 2 is 1.84 bits per heavy atom. The van der Waals surface area contributed by atoms with Crippen LogP contribution in [0.3, 0.4) is 0 Å². The molecule has 0 aliphatic heterocycles. The SMILES string of the molecule is CC[C@H](C)N(C(=O)/C=C/c1ccc(C)o1)[C@@H](C)CC. The maximum absolute atomic E-state index is 12.3. The van der Waals surface area contributed by atoms with Gasteiger partial charge in [0.2, 0.25) is 5.91 Å². The Bertz CT molecular complexity index is 424. The highest BCUT2D eigenvalue weighted by atomic mass is 16.3. The lowest BCUT2D eigenvalue weighted by Gasteiger charge is -2.33. The van der Waals surface area contributed by atoms with Crippen molar-refractivity contribution in [2.24, 2.45) is 0 Å². The van der Waals surface area contributed by atoms with Crippen LogP contribution in [0.15, 0.2) is 22.6 Å². The lowest BCUT2D eigenvalue weighted by molar-refractivity contribution is -0.130. The Morgan fingerprint density at radius 1 is 1.26 bits per heavy atom. The molecule has 0 unspecified atom stereocenters. The van der Waals surface area contributed by atoms with Gasteiger partial charge in [-0.1, -0.05) is 13.8 Å². The Balaban J connectivity index is 2.79. The molecule has 0 aromatic carbocycles. The highest BCUT2D eigenvalue weighted by Gasteiger charge is 2.21. The quantitative estimate of drug-likeness (QED) is 0.726. The Labute approximate surface area is 116 Å². The van der Waals surface area contributed by atoms with Gasteiger partial charge in [-0.15, -0.1) is 0 Å². The molecule has 19 heavy (non-hydrogen) atoms. The molecular weight excluding hydrogens is 238 g/mol. The van der Waals surface area contributed by atoms with E-state index < -0.39 is 0 Å². The van der Waals surface area contributed by atoms with Crippen molar-refractivity contribution < 1.29 is 9.21 Å². The zero-order valence-electron chi connectivity index (χ0n) is 12.6. The standard InChI is InChI=1S/C16H25NO2/c1-6-12(3)17(13(4)7-2)16(18)11-10-15-9-8-14(5)19-15/h8-13H,6-7H2,1-5H3/b11-10+/t12-,13-/m0/s1. The van der Waals surface area contributed by atoms with Crippen molar-refractivity contribution in [3.63, 3.8) is 0 Å². The third-order valence-corrected chi connectivity index (χ3v) is 3.54. The van der Waals surface area contributed by atoms with Crippen LogP contribution in [0.2, 0.25) is 0 Å². The van der Waals surface area contributed by atoms with E-state index in [2.05, 4.69) is 27.7 Å². The van der Waals surface area contributed by atoms with Crippen molar-refractivity contribution in [3.8, 4) is 0 Å². The number of rotatable bonds is 6. The molecule has 1 aromatic heterocycles. The molecular formula is C16H25NO2. The Morgan fingerprint density at radius 3 is 2.26 bits per heavy atom. The minimum atomic E-state index is 0.0535. The number of aryl methyl sites for hydroxylation is 1. The number of nitrogens with zero attached hydrogens (tertiary/aromatic N) is 1. The first-order valence-electron chi connectivity index (χ1n) is 7.06. The smallest absolute Gasteiger partial charge is 0.247 e. The van der Waals surface area contributed by atoms with E-state index >= 15 is 0 Å². The van der Waals surface area contributed by atoms with Crippen LogP contribution in [0.25, 0.3) is 6.08 Å². The fourth-order valence-electron chi connectivity index (χ4n) is 2.04. The largest absolute Gasteiger partial charge is 0.462 e. The van der Waals surface area contributed by atoms with Gasteiger partial charge < -0.3 is 9.32 Å². The number of hydrogen-bond donors (Lipinski definition) is 0. The molecule has 1 aromatic rings. The summed E-state index contributed by atoms with van der Waals surface area (Å²) in [4.78, 5) is 14.3. The molecule has 0 aliphatic carbocycles. The first kappa shape index (κ1) is 15.5. The molecule has 2 atom stereocenters. The van der Waals surface area contributed by atoms with Gasteiger partial charge in [-0.3, -0.25) is 4.79 Å². The molecule has 1 rings (SSSR count). The number of carbonyl (C=O) groups is 1. The second-order valence-electron chi connectivity index (χ2n) is 5.04. The summed E-state index contributed by atoms with van der Waals surface area (Å²) in [5, 5.41) is 0. The van der Waals surface area contributed by atoms with Crippen LogP contribution in [0.1, 0.15) is 52.1 Å². The first-order chi connectivity index (χ1) is 8.99. The van der Waals surface area contributed by atoms with Gasteiger partial charge >= 0.3 is 0 Å². The molecule has 106 valence electrons. The molecule has 3 heteroatoms. The van der Waals surface area contributed by atoms with Gasteiger partial charge in [-0.2, -0.15) is 0 Å². The maximum atomic E-state index is 12.3. The molecule has 1 amide bonds. The summed E-state index contributed by atoms with van der Waals surface area (Å²) in [6.45, 7) is 10.3. The molecule has 3 nitrogen and oxygen atoms in total. The van der Waals surface area contributed by atoms with Gasteiger partial charge in [0.15, 0.2) is 0 Å². The predicted octanol–water partition coefficient (Wildman–Crippen LogP) is 4.03. The average molecular weight is 263 g/mol. The zero-order chi connectivity index (χ0) is 14.4. The summed E-state index contributed by atoms with van der Waals surface area (Å²) < 4.78 is 5.43. The minimum Gasteiger partial charge on any atom is -0.462 e. The molecule has 0 N–H and O–H groups in total. The first-order valence-corrected chi connectivity index (χ1v) is 7.06. The fourth-order valence-corrected chi connectivity index (χ4v) is 2.04. The van der Waals surface area contributed by atoms with E-state index in [0.29, 0.717) is 0 Å². The van der Waals surface area contributed by atoms with Crippen molar-refractivity contribution in [1.29, 1.82) is 0 Å². The number of hydrogen-bond acceptors (Lipinski definition) is 2. The topological polar surface area (TPSA) is 33.5 Å². The van der Waals surface area contributed by atoms with Crippen LogP contribution in [0.5, 0.6) is 0 Å². The number of furan rings is 1. The van der Waals surface area contributed by atoms with Crippen LogP contribution < -0.4 is 0 Å². The van der Waals surface area contributed by atoms with Crippen LogP contribution >= 0.6 is 0 Å². The lowest BCUT2D eigenvalue weighted by atomic mass is 10.1. The molecule has 0 fully saturated rings. The van der Waals surface area contributed by atoms with E-state index in [1.54, 1.807) is 12.2 Å². The van der Waals surface area contributed by atoms with E-state index in [-0.39, 0.29) is 18.0 Å². The number of amides is 1. The average Bonchev–Trinajstić information content (AvgIpc) is 2.81. The summed E-state index contributed by atoms with van der Waals surface area (Å²) in [6, 6.07) is 4.28. The summed E-state index contributed by atoms with van der Waals surface area (Å²) in [6.07, 6.45) is 5.28. The van der Waals surface area contributed by atoms with E-state index in [0.717, 1.165) is 24.4 Å². The van der Waals surface area contributed by atoms with Crippen molar-refractivity contribution >= 4 is 12.0 Å². The molecule has 0 aliphatic rings. The van der Waals surface area contributed by atoms with Gasteiger partial charge in [-0.25, -0.2) is 0 Å². The summed E-state index contributed by atoms with van der Waals surface area (Å²) in [7, 11) is 0. The van der Waals surface area contributed by atoms with E-state index in [4.69, 9.17) is 4.42 Å². The van der Waals surface area contributed by atoms with Crippen molar-refractivity contribution in [3.05, 3.63) is 29.7 Å². The highest BCUT2D eigenvalue weighted by Crippen LogP contribution is 2.14. The molecule has 0 saturated heterocycles. The van der Waals surface area contributed by atoms with Gasteiger partial charge in [0.25, 0.3) is 0 Å². The second-order valence-corrected chi connectivity index (χ2v) is 5.04. The van der Waals surface area contributed by atoms with Gasteiger partial charge in [0.05, 0.1) is 0 Å². The highest BCUT2D eigenvalue weighted by molar-refractivity contribution is 5.91. The fraction of sp³-hybridized carbons (Fsp3) is 0.562. The number of carbonyl (C=O) groups excluding carboxylic acids is 1. The van der Waals surface area contributed by atoms with Crippen LogP contribution in [0, 0.1) is 6.92 Å². The van der Waals surface area contributed by atoms with Gasteiger partial charge in [-0.05, 0) is 51.8 Å². The predicted molar refractivity (Wildman–Crippen MR) is 78.8 cm³/mol. The van der Waals surface area contributed by atoms with Crippen LogP contribution in [-0.4, -0.2) is 22.9 Å². The van der Waals surface area contributed by atoms with E-state index in [9.17, 15) is 4.79 Å². The Kier molecular flexibility index (Phi) is 5.87. The van der Waals surface area contributed by atoms with E-state index in [1.807, 2.05) is 24.0 Å². The van der Waals surface area contributed by atoms with Crippen molar-refractivity contribution in [1.82, 2.24) is 4.90 Å². The lowest BCUT2D eigenvalue weighted by Crippen LogP contribution is -2.43. The Hall–Kier alpha value is -1.51. The summed E-state index contributed by atoms with van der Waals surface area (Å²) in [5.74, 6) is 1.63. The molecule has 0 bridgehead atoms. The third kappa shape index (κ3) is 4.27. The third-order valence-electron chi connectivity index (χ3n) is 3.54. The van der Waals surface area contributed by atoms with Crippen molar-refractivity contribution in [2.45, 2.75) is 59.5 Å². The summed E-state index contributed by atoms with van der Waals surface area (Å²) >= 11 is 0. The second kappa shape index (κ2) is 7.17. The van der Waals surface area contributed by atoms with Gasteiger partial charge in [0.1, 0.15) is 11.5 Å². The monoisotopic (exact) mass is 263 g/mol. The van der Waals surface area contributed by atoms with Crippen LogP contribution in [-0.2, 0) is 4.79 Å². The van der Waals surface area contributed by atoms with Crippen molar-refractivity contribution in [2.75, 3.05) is 0 Å². The zero-order valence-corrected chi connectivity index (χ0v) is 12.6.